The van der Waals surface area contributed by atoms with Crippen molar-refractivity contribution in [3.8, 4) is 84.9 Å². The van der Waals surface area contributed by atoms with Crippen LogP contribution in [-0.2, 0) is 0 Å². The number of hydrogen-bond acceptors (Lipinski definition) is 8. The summed E-state index contributed by atoms with van der Waals surface area (Å²) in [5, 5.41) is 3.44. The highest BCUT2D eigenvalue weighted by atomic mass is 32.1. The van der Waals surface area contributed by atoms with Crippen molar-refractivity contribution in [2.75, 3.05) is 0 Å². The molecule has 0 atom stereocenters. The first-order valence-corrected chi connectivity index (χ1v) is 31.9. The Morgan fingerprint density at radius 2 is 0.410 bits per heavy atom. The van der Waals surface area contributed by atoms with Gasteiger partial charge in [0.25, 0.3) is 0 Å². The van der Waals surface area contributed by atoms with Crippen molar-refractivity contribution in [1.29, 1.82) is 0 Å². The van der Waals surface area contributed by atoms with Crippen LogP contribution < -0.4 is 0 Å². The molecule has 0 saturated heterocycles. The molecule has 11 heterocycles. The molecule has 6 nitrogen and oxygen atoms in total. The highest BCUT2D eigenvalue weighted by molar-refractivity contribution is 7.24. The number of halogens is 20. The Morgan fingerprint density at radius 3 is 0.660 bits per heavy atom. The van der Waals surface area contributed by atoms with E-state index in [2.05, 4.69) is 29.9 Å². The predicted molar refractivity (Wildman–Crippen MR) is 342 cm³/mol. The van der Waals surface area contributed by atoms with E-state index in [4.69, 9.17) is 0 Å². The summed E-state index contributed by atoms with van der Waals surface area (Å²) in [5.74, 6) is -50.5. The fourth-order valence-corrected chi connectivity index (χ4v) is 15.5. The maximum atomic E-state index is 16.6. The lowest BCUT2D eigenvalue weighted by Gasteiger charge is -2.11. The molecule has 30 heteroatoms. The molecule has 7 aromatic heterocycles. The Kier molecular flexibility index (Phi) is 16.0. The average Bonchev–Trinajstić information content (AvgIpc) is 1.03. The van der Waals surface area contributed by atoms with E-state index in [9.17, 15) is 17.6 Å². The van der Waals surface area contributed by atoms with Gasteiger partial charge in [-0.1, -0.05) is 12.1 Å². The van der Waals surface area contributed by atoms with Crippen molar-refractivity contribution in [1.82, 2.24) is 29.9 Å². The van der Waals surface area contributed by atoms with Gasteiger partial charge in [0.2, 0.25) is 23.3 Å². The van der Waals surface area contributed by atoms with Crippen molar-refractivity contribution < 1.29 is 87.8 Å². The van der Waals surface area contributed by atoms with Crippen LogP contribution in [0.4, 0.5) is 87.8 Å². The van der Waals surface area contributed by atoms with Crippen molar-refractivity contribution in [3.05, 3.63) is 245 Å². The lowest BCUT2D eigenvalue weighted by molar-refractivity contribution is 0.381. The number of benzene rings is 4. The van der Waals surface area contributed by atoms with E-state index in [0.717, 1.165) is 95.5 Å². The third-order valence-corrected chi connectivity index (χ3v) is 20.5. The lowest BCUT2D eigenvalue weighted by atomic mass is 10.00. The van der Waals surface area contributed by atoms with E-state index >= 15 is 70.2 Å². The summed E-state index contributed by atoms with van der Waals surface area (Å²) in [4.78, 5) is 26.3. The predicted octanol–water partition coefficient (Wildman–Crippen LogP) is 23.0. The van der Waals surface area contributed by atoms with Crippen LogP contribution in [0.3, 0.4) is 0 Å². The average molecular weight is 1460 g/mol. The third kappa shape index (κ3) is 10.3. The van der Waals surface area contributed by atoms with Crippen LogP contribution in [0.5, 0.6) is 0 Å². The minimum Gasteiger partial charge on any atom is -0.354 e. The van der Waals surface area contributed by atoms with Gasteiger partial charge in [-0.2, -0.15) is 0 Å². The van der Waals surface area contributed by atoms with Crippen molar-refractivity contribution in [3.63, 3.8) is 0 Å². The van der Waals surface area contributed by atoms with E-state index in [1.807, 2.05) is 0 Å². The van der Waals surface area contributed by atoms with Gasteiger partial charge in [0.15, 0.2) is 93.1 Å². The van der Waals surface area contributed by atoms with Gasteiger partial charge in [-0.25, -0.2) is 108 Å². The summed E-state index contributed by atoms with van der Waals surface area (Å²) in [7, 11) is 0. The number of rotatable bonds is 8. The van der Waals surface area contributed by atoms with Gasteiger partial charge in [-0.3, -0.25) is 0 Å². The molecule has 4 aromatic carbocycles. The van der Waals surface area contributed by atoms with Gasteiger partial charge in [-0.05, 0) is 120 Å². The SMILES string of the molecule is Fc1c(F)c(F)c(-c2c3nc(c(-c4ccc(-c5cccs5)s4)c4ccc([nH]4)c(-c4c(F)c(F)c(F)c(F)c4F)c4nc(c(-c5c(F)c(F)c(F)c(F)c5F)c5nc(c(-c6ccc(-c7cccs7)s6)c6ccc([nH]6)c(-c6c(F)c(F)c(F)c(F)c6F)c6nc2C=C6)C=C5)C=C4)C=C3)c(F)c1F. The first kappa shape index (κ1) is 65.1. The maximum Gasteiger partial charge on any atom is 0.200 e. The van der Waals surface area contributed by atoms with E-state index < -0.39 is 206 Å². The molecule has 0 aliphatic carbocycles. The molecule has 12 bridgehead atoms. The molecule has 4 aliphatic rings. The normalized spacial score (nSPS) is 12.4. The smallest absolute Gasteiger partial charge is 0.200 e. The number of hydrogen-bond donors (Lipinski definition) is 2. The van der Waals surface area contributed by atoms with Crippen LogP contribution >= 0.6 is 45.3 Å². The number of aromatic nitrogens is 6. The third-order valence-electron chi connectivity index (χ3n) is 16.1. The largest absolute Gasteiger partial charge is 0.354 e. The van der Waals surface area contributed by atoms with Crippen LogP contribution in [0.15, 0.2) is 83.6 Å². The Bertz CT molecular complexity index is 5470. The zero-order chi connectivity index (χ0) is 70.3. The van der Waals surface area contributed by atoms with Crippen LogP contribution in [0.25, 0.3) is 156 Å². The second-order valence-corrected chi connectivity index (χ2v) is 25.8. The molecule has 0 amide bonds. The quantitative estimate of drug-likeness (QED) is 0.0902. The Hall–Kier alpha value is -10.8. The molecule has 100 heavy (non-hydrogen) atoms. The van der Waals surface area contributed by atoms with Gasteiger partial charge in [0.1, 0.15) is 0 Å². The molecule has 0 fully saturated rings. The van der Waals surface area contributed by atoms with E-state index in [-0.39, 0.29) is 43.3 Å². The summed E-state index contributed by atoms with van der Waals surface area (Å²) in [5.41, 5.74) is -18.5. The molecule has 0 spiro atoms. The molecule has 498 valence electrons. The monoisotopic (exact) mass is 1460 g/mol. The summed E-state index contributed by atoms with van der Waals surface area (Å²) in [6, 6.07) is 17.3. The van der Waals surface area contributed by atoms with Crippen LogP contribution in [-0.4, -0.2) is 29.9 Å². The molecular formula is C70H24F20N6S4. The van der Waals surface area contributed by atoms with Gasteiger partial charge in [-0.15, -0.1) is 45.3 Å². The summed E-state index contributed by atoms with van der Waals surface area (Å²) in [6.07, 6.45) is 7.43. The minimum absolute atomic E-state index is 0.133. The molecule has 0 saturated carbocycles. The second kappa shape index (κ2) is 24.6. The highest BCUT2D eigenvalue weighted by Gasteiger charge is 2.36. The van der Waals surface area contributed by atoms with Gasteiger partial charge in [0.05, 0.1) is 67.8 Å². The van der Waals surface area contributed by atoms with Crippen LogP contribution in [0.2, 0.25) is 0 Å². The Morgan fingerprint density at radius 1 is 0.200 bits per heavy atom. The van der Waals surface area contributed by atoms with Crippen LogP contribution in [0, 0.1) is 116 Å². The molecule has 15 rings (SSSR count). The molecule has 0 radical (unpaired) electrons. The summed E-state index contributed by atoms with van der Waals surface area (Å²) >= 11 is 4.55. The number of H-pyrrole nitrogens is 2. The zero-order valence-electron chi connectivity index (χ0n) is 48.7. The fraction of sp³-hybridized carbons (Fsp3) is 0. The van der Waals surface area contributed by atoms with Gasteiger partial charge >= 0.3 is 0 Å². The maximum absolute atomic E-state index is 16.6. The minimum atomic E-state index is -2.64. The standard InChI is InChI=1S/C70H24F20N6S4/c71-51-47(52(72)60(80)67(87)59(51)79)43-27-9-5-23(91-27)41(39-19-17-37(99-39)35-3-1-21-97-35)24-6-10-28(92-24)44(48-53(73)61(81)68(88)62(82)54(48)74)32-14-16-34(96-32)46(50-57(77)65(85)70(90)66(86)58(50)78)30-12-8-26(94-30)42(40-20-18-38(100-40)36-4-2-22-98-36)25-7-11-29(93-25)45(33-15-13-31(43)95-33)49-55(75)63(83)69(89)64(84)56(49)76/h1-22,91,94H. The second-order valence-electron chi connectivity index (χ2n) is 21.7. The molecular weight excluding hydrogens is 1430 g/mol. The summed E-state index contributed by atoms with van der Waals surface area (Å²) < 4.78 is 318. The van der Waals surface area contributed by atoms with Crippen molar-refractivity contribution in [2.24, 2.45) is 0 Å². The van der Waals surface area contributed by atoms with Crippen LogP contribution in [0.1, 0.15) is 45.6 Å². The highest BCUT2D eigenvalue weighted by Crippen LogP contribution is 2.48. The summed E-state index contributed by atoms with van der Waals surface area (Å²) in [6.45, 7) is 0. The molecule has 2 N–H and O–H groups in total. The van der Waals surface area contributed by atoms with E-state index in [0.29, 0.717) is 19.5 Å². The first-order chi connectivity index (χ1) is 47.9. The molecule has 11 aromatic rings. The number of thiophene rings is 4. The van der Waals surface area contributed by atoms with Crippen molar-refractivity contribution >= 4 is 116 Å². The van der Waals surface area contributed by atoms with E-state index in [1.165, 1.54) is 34.8 Å². The zero-order valence-corrected chi connectivity index (χ0v) is 51.9. The number of nitrogens with one attached hydrogen (secondary N) is 2. The fourth-order valence-electron chi connectivity index (χ4n) is 11.7. The Labute approximate surface area is 561 Å². The van der Waals surface area contributed by atoms with E-state index in [1.54, 1.807) is 47.2 Å². The van der Waals surface area contributed by atoms with Gasteiger partial charge < -0.3 is 9.97 Å². The van der Waals surface area contributed by atoms with Gasteiger partial charge in [0, 0.05) is 84.7 Å². The number of fused-ring (bicyclic) bond motifs is 12. The Balaban J connectivity index is 1.18. The first-order valence-electron chi connectivity index (χ1n) is 28.5. The van der Waals surface area contributed by atoms with Crippen molar-refractivity contribution in [2.45, 2.75) is 0 Å². The molecule has 0 unspecified atom stereocenters. The molecule has 4 aliphatic heterocycles. The topological polar surface area (TPSA) is 83.1 Å². The number of nitrogens with zero attached hydrogens (tertiary/aromatic N) is 4. The number of aromatic amines is 2. The lowest BCUT2D eigenvalue weighted by Crippen LogP contribution is -2.06.